The van der Waals surface area contributed by atoms with Crippen molar-refractivity contribution in [3.8, 4) is 6.07 Å². The van der Waals surface area contributed by atoms with Crippen LogP contribution in [0, 0.1) is 11.3 Å². The number of nitrogen functional groups attached to an aromatic ring is 1. The van der Waals surface area contributed by atoms with E-state index in [9.17, 15) is 0 Å². The molecule has 0 radical (unpaired) electrons. The Hall–Kier alpha value is -2.35. The number of hydrogen-bond acceptors (Lipinski definition) is 5. The van der Waals surface area contributed by atoms with Crippen molar-refractivity contribution >= 4 is 5.82 Å². The van der Waals surface area contributed by atoms with Crippen LogP contribution >= 0.6 is 0 Å². The molecule has 0 bridgehead atoms. The first-order valence-corrected chi connectivity index (χ1v) is 4.35. The molecular weight excluding hydrogens is 192 g/mol. The van der Waals surface area contributed by atoms with E-state index >= 15 is 0 Å². The highest BCUT2D eigenvalue weighted by Crippen LogP contribution is 2.12. The second kappa shape index (κ2) is 3.80. The van der Waals surface area contributed by atoms with E-state index in [0.29, 0.717) is 17.7 Å². The van der Waals surface area contributed by atoms with Crippen LogP contribution in [0.4, 0.5) is 5.82 Å². The van der Waals surface area contributed by atoms with E-state index < -0.39 is 0 Å². The zero-order valence-corrected chi connectivity index (χ0v) is 7.84. The summed E-state index contributed by atoms with van der Waals surface area (Å²) in [5.74, 6) is 0.289. The normalized spacial score (nSPS) is 9.80. The maximum atomic E-state index is 8.72. The molecule has 1 heterocycles. The minimum Gasteiger partial charge on any atom is -0.379 e. The number of anilines is 1. The number of hydrogen-bond donors (Lipinski definition) is 1. The third-order valence-corrected chi connectivity index (χ3v) is 2.01. The molecule has 2 N–H and O–H groups in total. The predicted molar refractivity (Wildman–Crippen MR) is 52.7 cm³/mol. The van der Waals surface area contributed by atoms with Crippen LogP contribution in [-0.2, 0) is 6.42 Å². The van der Waals surface area contributed by atoms with Gasteiger partial charge in [0.15, 0.2) is 5.82 Å². The van der Waals surface area contributed by atoms with Gasteiger partial charge in [0, 0.05) is 6.42 Å². The van der Waals surface area contributed by atoms with Crippen molar-refractivity contribution in [3.63, 3.8) is 0 Å². The van der Waals surface area contributed by atoms with Crippen molar-refractivity contribution in [3.05, 3.63) is 41.1 Å². The fraction of sp³-hybridized carbons (Fsp3) is 0.100. The molecule has 0 saturated heterocycles. The summed E-state index contributed by atoms with van der Waals surface area (Å²) < 4.78 is 4.48. The van der Waals surface area contributed by atoms with E-state index in [1.807, 2.05) is 12.1 Å². The van der Waals surface area contributed by atoms with E-state index in [1.54, 1.807) is 12.1 Å². The van der Waals surface area contributed by atoms with Gasteiger partial charge in [0.2, 0.25) is 0 Å². The van der Waals surface area contributed by atoms with Crippen LogP contribution in [0.25, 0.3) is 0 Å². The summed E-state index contributed by atoms with van der Waals surface area (Å²) in [6.45, 7) is 0. The molecule has 0 aliphatic carbocycles. The number of nitrogens with zero attached hydrogens (tertiary/aromatic N) is 3. The fourth-order valence-electron chi connectivity index (χ4n) is 1.28. The zero-order chi connectivity index (χ0) is 10.7. The number of aromatic nitrogens is 2. The molecule has 1 aromatic carbocycles. The maximum Gasteiger partial charge on any atom is 0.191 e. The summed E-state index contributed by atoms with van der Waals surface area (Å²) in [4.78, 5) is 0. The van der Waals surface area contributed by atoms with Crippen molar-refractivity contribution < 1.29 is 4.63 Å². The predicted octanol–water partition coefficient (Wildman–Crippen LogP) is 1.11. The Kier molecular flexibility index (Phi) is 2.33. The summed E-state index contributed by atoms with van der Waals surface area (Å²) >= 11 is 0. The van der Waals surface area contributed by atoms with E-state index in [1.165, 1.54) is 0 Å². The molecule has 0 spiro atoms. The Morgan fingerprint density at radius 2 is 2.27 bits per heavy atom. The van der Waals surface area contributed by atoms with Gasteiger partial charge in [0.25, 0.3) is 0 Å². The zero-order valence-electron chi connectivity index (χ0n) is 7.84. The Balaban J connectivity index is 2.25. The summed E-state index contributed by atoms with van der Waals surface area (Å²) in [5.41, 5.74) is 7.68. The molecule has 0 unspecified atom stereocenters. The molecule has 0 aliphatic rings. The van der Waals surface area contributed by atoms with Crippen LogP contribution in [0.1, 0.15) is 16.8 Å². The third kappa shape index (κ3) is 1.94. The summed E-state index contributed by atoms with van der Waals surface area (Å²) in [7, 11) is 0. The van der Waals surface area contributed by atoms with Gasteiger partial charge in [-0.25, -0.2) is 4.63 Å². The molecule has 0 fully saturated rings. The van der Waals surface area contributed by atoms with Crippen LogP contribution in [0.2, 0.25) is 0 Å². The van der Waals surface area contributed by atoms with E-state index in [2.05, 4.69) is 21.0 Å². The highest BCUT2D eigenvalue weighted by Gasteiger charge is 2.07. The molecule has 2 aromatic rings. The van der Waals surface area contributed by atoms with Gasteiger partial charge < -0.3 is 5.73 Å². The molecule has 2 rings (SSSR count). The average molecular weight is 200 g/mol. The summed E-state index contributed by atoms with van der Waals surface area (Å²) in [6, 6.07) is 9.32. The first kappa shape index (κ1) is 9.21. The number of nitrogens with two attached hydrogens (primary N) is 1. The molecule has 0 aliphatic heterocycles. The first-order valence-electron chi connectivity index (χ1n) is 4.35. The average Bonchev–Trinajstić information content (AvgIpc) is 2.65. The largest absolute Gasteiger partial charge is 0.379 e. The lowest BCUT2D eigenvalue weighted by Crippen LogP contribution is -1.95. The molecule has 15 heavy (non-hydrogen) atoms. The number of benzene rings is 1. The van der Waals surface area contributed by atoms with Gasteiger partial charge >= 0.3 is 0 Å². The van der Waals surface area contributed by atoms with Crippen molar-refractivity contribution in [2.45, 2.75) is 6.42 Å². The lowest BCUT2D eigenvalue weighted by Gasteiger charge is -1.97. The second-order valence-electron chi connectivity index (χ2n) is 3.09. The highest BCUT2D eigenvalue weighted by molar-refractivity contribution is 5.38. The van der Waals surface area contributed by atoms with E-state index in [-0.39, 0.29) is 5.82 Å². The van der Waals surface area contributed by atoms with Crippen LogP contribution in [0.15, 0.2) is 28.9 Å². The highest BCUT2D eigenvalue weighted by atomic mass is 16.6. The molecule has 74 valence electrons. The van der Waals surface area contributed by atoms with Crippen LogP contribution in [0.5, 0.6) is 0 Å². The topological polar surface area (TPSA) is 88.7 Å². The standard InChI is InChI=1S/C10H8N4O/c11-6-8-3-1-2-7(4-8)5-9-10(12)14-15-13-9/h1-4H,5H2,(H2,12,14). The SMILES string of the molecule is N#Cc1cccc(Cc2nonc2N)c1. The molecular formula is C10H8N4O. The minimum atomic E-state index is 0.289. The molecule has 0 saturated carbocycles. The summed E-state index contributed by atoms with van der Waals surface area (Å²) in [5, 5.41) is 15.9. The van der Waals surface area contributed by atoms with Crippen molar-refractivity contribution in [1.29, 1.82) is 5.26 Å². The van der Waals surface area contributed by atoms with Gasteiger partial charge in [0.05, 0.1) is 11.6 Å². The van der Waals surface area contributed by atoms with E-state index in [0.717, 1.165) is 5.56 Å². The molecule has 5 nitrogen and oxygen atoms in total. The Morgan fingerprint density at radius 1 is 1.40 bits per heavy atom. The first-order chi connectivity index (χ1) is 7.29. The summed E-state index contributed by atoms with van der Waals surface area (Å²) in [6.07, 6.45) is 0.519. The number of rotatable bonds is 2. The Labute approximate surface area is 86.1 Å². The second-order valence-corrected chi connectivity index (χ2v) is 3.09. The lowest BCUT2D eigenvalue weighted by atomic mass is 10.1. The van der Waals surface area contributed by atoms with Crippen molar-refractivity contribution in [1.82, 2.24) is 10.3 Å². The van der Waals surface area contributed by atoms with Crippen molar-refractivity contribution in [2.24, 2.45) is 0 Å². The van der Waals surface area contributed by atoms with Crippen LogP contribution in [0.3, 0.4) is 0 Å². The minimum absolute atomic E-state index is 0.289. The fourth-order valence-corrected chi connectivity index (χ4v) is 1.28. The molecule has 1 aromatic heterocycles. The number of nitriles is 1. The van der Waals surface area contributed by atoms with Gasteiger partial charge in [-0.05, 0) is 22.9 Å². The third-order valence-electron chi connectivity index (χ3n) is 2.01. The van der Waals surface area contributed by atoms with Crippen molar-refractivity contribution in [2.75, 3.05) is 5.73 Å². The Morgan fingerprint density at radius 3 is 2.93 bits per heavy atom. The van der Waals surface area contributed by atoms with Crippen LogP contribution < -0.4 is 5.73 Å². The van der Waals surface area contributed by atoms with Gasteiger partial charge in [-0.2, -0.15) is 5.26 Å². The monoisotopic (exact) mass is 200 g/mol. The molecule has 0 atom stereocenters. The quantitative estimate of drug-likeness (QED) is 0.784. The molecule has 5 heteroatoms. The van der Waals surface area contributed by atoms with Gasteiger partial charge in [0.1, 0.15) is 5.69 Å². The Bertz CT molecular complexity index is 512. The maximum absolute atomic E-state index is 8.72. The van der Waals surface area contributed by atoms with Gasteiger partial charge in [-0.15, -0.1) is 0 Å². The van der Waals surface area contributed by atoms with Gasteiger partial charge in [-0.3, -0.25) is 0 Å². The van der Waals surface area contributed by atoms with E-state index in [4.69, 9.17) is 11.0 Å². The van der Waals surface area contributed by atoms with Crippen LogP contribution in [-0.4, -0.2) is 10.3 Å². The smallest absolute Gasteiger partial charge is 0.191 e. The lowest BCUT2D eigenvalue weighted by molar-refractivity contribution is 0.305. The molecule has 0 amide bonds. The van der Waals surface area contributed by atoms with Gasteiger partial charge in [-0.1, -0.05) is 17.3 Å².